The van der Waals surface area contributed by atoms with Crippen LogP contribution in [0.3, 0.4) is 0 Å². The summed E-state index contributed by atoms with van der Waals surface area (Å²) in [5.41, 5.74) is 3.98. The molecule has 0 aliphatic rings. The largest absolute Gasteiger partial charge is 0.467 e. The quantitative estimate of drug-likeness (QED) is 0.303. The van der Waals surface area contributed by atoms with E-state index >= 15 is 0 Å². The van der Waals surface area contributed by atoms with Crippen LogP contribution in [-0.4, -0.2) is 13.9 Å². The fourth-order valence-corrected chi connectivity index (χ4v) is 0.830. The van der Waals surface area contributed by atoms with Gasteiger partial charge in [-0.05, 0) is 11.6 Å². The molecule has 13 heavy (non-hydrogen) atoms. The van der Waals surface area contributed by atoms with Crippen LogP contribution in [0.4, 0.5) is 0 Å². The molecule has 0 saturated carbocycles. The van der Waals surface area contributed by atoms with E-state index in [4.69, 9.17) is 4.74 Å². The fraction of sp³-hybridized carbons (Fsp3) is 0.182. The molecule has 0 aliphatic carbocycles. The molecule has 0 fully saturated rings. The Morgan fingerprint density at radius 2 is 2.08 bits per heavy atom. The first-order valence-corrected chi connectivity index (χ1v) is 4.00. The van der Waals surface area contributed by atoms with E-state index in [0.29, 0.717) is 0 Å². The second-order valence-electron chi connectivity index (χ2n) is 2.41. The van der Waals surface area contributed by atoms with Crippen molar-refractivity contribution >= 4 is 6.08 Å². The lowest BCUT2D eigenvalue weighted by molar-refractivity contribution is 0.0201. The average molecular weight is 176 g/mol. The van der Waals surface area contributed by atoms with Crippen molar-refractivity contribution in [3.8, 4) is 0 Å². The second kappa shape index (κ2) is 6.06. The molecule has 0 aromatic heterocycles. The van der Waals surface area contributed by atoms with Gasteiger partial charge in [0.1, 0.15) is 6.26 Å². The summed E-state index contributed by atoms with van der Waals surface area (Å²) in [5.74, 6) is 0. The summed E-state index contributed by atoms with van der Waals surface area (Å²) in [6.07, 6.45) is 3.33. The highest BCUT2D eigenvalue weighted by Crippen LogP contribution is 1.99. The molecule has 0 aliphatic heterocycles. The summed E-state index contributed by atoms with van der Waals surface area (Å²) in [6.45, 7) is 0.260. The lowest BCUT2D eigenvalue weighted by Crippen LogP contribution is -1.86. The molecule has 68 valence electrons. The number of rotatable bonds is 4. The van der Waals surface area contributed by atoms with Crippen molar-refractivity contribution in [3.05, 3.63) is 47.9 Å². The van der Waals surface area contributed by atoms with E-state index in [2.05, 4.69) is 10.5 Å². The van der Waals surface area contributed by atoms with Gasteiger partial charge < -0.3 is 9.47 Å². The van der Waals surface area contributed by atoms with E-state index in [1.807, 2.05) is 36.4 Å². The molecule has 0 spiro atoms. The molecule has 2 nitrogen and oxygen atoms in total. The Morgan fingerprint density at radius 3 is 2.77 bits per heavy atom. The van der Waals surface area contributed by atoms with Gasteiger partial charge in [-0.2, -0.15) is 0 Å². The molecule has 0 unspecified atom stereocenters. The molecule has 0 saturated heterocycles. The van der Waals surface area contributed by atoms with Crippen LogP contribution in [0, 0.1) is 0 Å². The lowest BCUT2D eigenvalue weighted by atomic mass is 10.2. The van der Waals surface area contributed by atoms with Gasteiger partial charge in [-0.15, -0.1) is 0 Å². The molecule has 0 radical (unpaired) electrons. The molecule has 1 rings (SSSR count). The third-order valence-corrected chi connectivity index (χ3v) is 1.39. The maximum Gasteiger partial charge on any atom is 0.188 e. The highest BCUT2D eigenvalue weighted by molar-refractivity contribution is 5.47. The molecule has 0 N–H and O–H groups in total. The number of hydrogen-bond donors (Lipinski definition) is 0. The summed E-state index contributed by atoms with van der Waals surface area (Å²) in [6, 6.07) is 9.92. The highest BCUT2D eigenvalue weighted by atomic mass is 16.7. The summed E-state index contributed by atoms with van der Waals surface area (Å²) < 4.78 is 9.60. The molecule has 0 heterocycles. The van der Waals surface area contributed by atoms with E-state index in [1.54, 1.807) is 7.11 Å². The second-order valence-corrected chi connectivity index (χ2v) is 2.41. The lowest BCUT2D eigenvalue weighted by Gasteiger charge is -1.93. The smallest absolute Gasteiger partial charge is 0.188 e. The molecule has 1 aromatic carbocycles. The number of ether oxygens (including phenoxy) is 2. The van der Waals surface area contributed by atoms with E-state index in [9.17, 15) is 0 Å². The minimum absolute atomic E-state index is 0.260. The van der Waals surface area contributed by atoms with Crippen LogP contribution in [0.1, 0.15) is 5.56 Å². The zero-order chi connectivity index (χ0) is 9.36. The van der Waals surface area contributed by atoms with E-state index in [0.717, 1.165) is 5.56 Å². The maximum absolute atomic E-state index is 4.91. The van der Waals surface area contributed by atoms with Crippen LogP contribution in [0.25, 0.3) is 6.08 Å². The molecule has 0 bridgehead atoms. The third-order valence-electron chi connectivity index (χ3n) is 1.39. The minimum Gasteiger partial charge on any atom is -0.467 e. The maximum atomic E-state index is 4.91. The van der Waals surface area contributed by atoms with Crippen molar-refractivity contribution in [2.45, 2.75) is 0 Å². The van der Waals surface area contributed by atoms with Crippen LogP contribution in [-0.2, 0) is 9.47 Å². The summed E-state index contributed by atoms with van der Waals surface area (Å²) >= 11 is 0. The van der Waals surface area contributed by atoms with E-state index < -0.39 is 0 Å². The Kier molecular flexibility index (Phi) is 4.47. The Balaban J connectivity index is 2.44. The van der Waals surface area contributed by atoms with Gasteiger partial charge in [0, 0.05) is 7.11 Å². The Bertz CT molecular complexity index is 284. The van der Waals surface area contributed by atoms with Gasteiger partial charge in [0.15, 0.2) is 6.79 Å². The molecular weight excluding hydrogens is 164 g/mol. The predicted molar refractivity (Wildman–Crippen MR) is 52.0 cm³/mol. The van der Waals surface area contributed by atoms with Gasteiger partial charge in [0.05, 0.1) is 0 Å². The highest BCUT2D eigenvalue weighted by Gasteiger charge is 1.79. The van der Waals surface area contributed by atoms with E-state index in [1.165, 1.54) is 6.26 Å². The SMILES string of the molecule is COCOC=C=Cc1ccccc1. The van der Waals surface area contributed by atoms with Crippen molar-refractivity contribution in [2.24, 2.45) is 0 Å². The predicted octanol–water partition coefficient (Wildman–Crippen LogP) is 2.43. The molecule has 0 amide bonds. The molecule has 1 aromatic rings. The van der Waals surface area contributed by atoms with Crippen molar-refractivity contribution in [1.82, 2.24) is 0 Å². The van der Waals surface area contributed by atoms with Crippen molar-refractivity contribution in [3.63, 3.8) is 0 Å². The topological polar surface area (TPSA) is 18.5 Å². The standard InChI is InChI=1S/C11H12O2/c1-12-10-13-9-5-8-11-6-3-2-4-7-11/h2-4,6-9H,10H2,1H3. The van der Waals surface area contributed by atoms with Gasteiger partial charge in [-0.25, -0.2) is 0 Å². The summed E-state index contributed by atoms with van der Waals surface area (Å²) in [4.78, 5) is 0. The van der Waals surface area contributed by atoms with Crippen LogP contribution in [0.5, 0.6) is 0 Å². The molecule has 0 atom stereocenters. The first-order chi connectivity index (χ1) is 6.43. The van der Waals surface area contributed by atoms with Crippen LogP contribution >= 0.6 is 0 Å². The van der Waals surface area contributed by atoms with Crippen LogP contribution in [0.2, 0.25) is 0 Å². The number of methoxy groups -OCH3 is 1. The fourth-order valence-electron chi connectivity index (χ4n) is 0.830. The Hall–Kier alpha value is -1.50. The van der Waals surface area contributed by atoms with Gasteiger partial charge in [0.25, 0.3) is 0 Å². The van der Waals surface area contributed by atoms with Gasteiger partial charge in [-0.1, -0.05) is 36.1 Å². The van der Waals surface area contributed by atoms with Crippen molar-refractivity contribution < 1.29 is 9.47 Å². The zero-order valence-electron chi connectivity index (χ0n) is 7.57. The molecule has 2 heteroatoms. The van der Waals surface area contributed by atoms with Crippen molar-refractivity contribution in [1.29, 1.82) is 0 Å². The minimum atomic E-state index is 0.260. The average Bonchev–Trinajstić information content (AvgIpc) is 2.19. The normalized spacial score (nSPS) is 8.69. The summed E-state index contributed by atoms with van der Waals surface area (Å²) in [7, 11) is 1.58. The Labute approximate surface area is 78.1 Å². The van der Waals surface area contributed by atoms with E-state index in [-0.39, 0.29) is 6.79 Å². The van der Waals surface area contributed by atoms with Crippen LogP contribution in [0.15, 0.2) is 42.3 Å². The summed E-state index contributed by atoms with van der Waals surface area (Å²) in [5, 5.41) is 0. The zero-order valence-corrected chi connectivity index (χ0v) is 7.57. The van der Waals surface area contributed by atoms with Crippen LogP contribution < -0.4 is 0 Å². The first kappa shape index (κ1) is 9.59. The molecular formula is C11H12O2. The van der Waals surface area contributed by atoms with Crippen molar-refractivity contribution in [2.75, 3.05) is 13.9 Å². The van der Waals surface area contributed by atoms with Gasteiger partial charge in [0.2, 0.25) is 0 Å². The number of benzene rings is 1. The third kappa shape index (κ3) is 4.16. The van der Waals surface area contributed by atoms with Gasteiger partial charge in [-0.3, -0.25) is 0 Å². The van der Waals surface area contributed by atoms with Gasteiger partial charge >= 0.3 is 0 Å². The number of hydrogen-bond acceptors (Lipinski definition) is 2. The Morgan fingerprint density at radius 1 is 1.31 bits per heavy atom. The monoisotopic (exact) mass is 176 g/mol. The first-order valence-electron chi connectivity index (χ1n) is 4.00.